The van der Waals surface area contributed by atoms with Crippen molar-refractivity contribution in [2.75, 3.05) is 21.3 Å². The number of methoxy groups -OCH3 is 2. The van der Waals surface area contributed by atoms with Gasteiger partial charge in [-0.25, -0.2) is 0 Å². The average Bonchev–Trinajstić information content (AvgIpc) is 2.46. The zero-order valence-electron chi connectivity index (χ0n) is 12.1. The smallest absolute Gasteiger partial charge is 0.122 e. The number of rotatable bonds is 5. The third kappa shape index (κ3) is 3.99. The van der Waals surface area contributed by atoms with Crippen LogP contribution in [-0.4, -0.2) is 21.3 Å². The van der Waals surface area contributed by atoms with Crippen molar-refractivity contribution < 1.29 is 9.47 Å². The summed E-state index contributed by atoms with van der Waals surface area (Å²) >= 11 is 7.06. The van der Waals surface area contributed by atoms with Gasteiger partial charge in [0.05, 0.1) is 20.3 Å². The van der Waals surface area contributed by atoms with Crippen LogP contribution in [0, 0.1) is 0 Å². The molecule has 0 heterocycles. The Kier molecular flexibility index (Phi) is 5.67. The minimum Gasteiger partial charge on any atom is -0.497 e. The van der Waals surface area contributed by atoms with Gasteiger partial charge in [-0.2, -0.15) is 0 Å². The van der Waals surface area contributed by atoms with Gasteiger partial charge in [-0.05, 0) is 48.5 Å². The molecule has 0 spiro atoms. The number of ether oxygens (including phenoxy) is 2. The van der Waals surface area contributed by atoms with Crippen molar-refractivity contribution >= 4 is 31.9 Å². The van der Waals surface area contributed by atoms with Gasteiger partial charge in [0.25, 0.3) is 0 Å². The fraction of sp³-hybridized carbons (Fsp3) is 0.250. The second-order valence-corrected chi connectivity index (χ2v) is 6.40. The van der Waals surface area contributed by atoms with Crippen molar-refractivity contribution in [2.24, 2.45) is 0 Å². The van der Waals surface area contributed by atoms with E-state index >= 15 is 0 Å². The summed E-state index contributed by atoms with van der Waals surface area (Å²) in [7, 11) is 5.25. The fourth-order valence-corrected chi connectivity index (χ4v) is 3.59. The molecule has 0 aliphatic rings. The Morgan fingerprint density at radius 3 is 1.71 bits per heavy atom. The van der Waals surface area contributed by atoms with E-state index in [9.17, 15) is 0 Å². The molecule has 0 saturated carbocycles. The Hall–Kier alpha value is -1.04. The first-order chi connectivity index (χ1) is 10.1. The molecule has 0 aromatic heterocycles. The summed E-state index contributed by atoms with van der Waals surface area (Å²) in [5.41, 5.74) is 2.23. The lowest BCUT2D eigenvalue weighted by molar-refractivity contribution is 0.392. The summed E-state index contributed by atoms with van der Waals surface area (Å²) in [5, 5.41) is 3.34. The molecule has 2 aromatic carbocycles. The third-order valence-corrected chi connectivity index (χ3v) is 4.13. The van der Waals surface area contributed by atoms with E-state index < -0.39 is 0 Å². The first-order valence-corrected chi connectivity index (χ1v) is 8.02. The van der Waals surface area contributed by atoms with Crippen molar-refractivity contribution in [1.29, 1.82) is 0 Å². The maximum Gasteiger partial charge on any atom is 0.122 e. The monoisotopic (exact) mass is 413 g/mol. The number of hydrogen-bond donors (Lipinski definition) is 1. The third-order valence-electron chi connectivity index (χ3n) is 3.21. The van der Waals surface area contributed by atoms with Crippen LogP contribution in [0.3, 0.4) is 0 Å². The van der Waals surface area contributed by atoms with Gasteiger partial charge >= 0.3 is 0 Å². The van der Waals surface area contributed by atoms with Crippen LogP contribution < -0.4 is 14.8 Å². The normalized spacial score (nSPS) is 12.0. The molecule has 0 amide bonds. The van der Waals surface area contributed by atoms with Crippen molar-refractivity contribution in [1.82, 2.24) is 5.32 Å². The maximum atomic E-state index is 5.35. The highest BCUT2D eigenvalue weighted by molar-refractivity contribution is 9.11. The molecule has 0 saturated heterocycles. The van der Waals surface area contributed by atoms with Gasteiger partial charge < -0.3 is 14.8 Å². The molecule has 2 rings (SSSR count). The zero-order chi connectivity index (χ0) is 15.4. The molecule has 1 unspecified atom stereocenters. The van der Waals surface area contributed by atoms with Gasteiger partial charge in [-0.15, -0.1) is 0 Å². The van der Waals surface area contributed by atoms with Crippen LogP contribution in [0.25, 0.3) is 0 Å². The van der Waals surface area contributed by atoms with Crippen LogP contribution in [0.15, 0.2) is 45.3 Å². The summed E-state index contributed by atoms with van der Waals surface area (Å²) in [6, 6.07) is 12.1. The average molecular weight is 415 g/mol. The van der Waals surface area contributed by atoms with Crippen LogP contribution >= 0.6 is 31.9 Å². The Labute approximate surface area is 141 Å². The predicted molar refractivity (Wildman–Crippen MR) is 92.3 cm³/mol. The lowest BCUT2D eigenvalue weighted by atomic mass is 9.98. The molecule has 0 aliphatic heterocycles. The SMILES string of the molecule is CNC(c1cc(Br)cc(Br)c1)c1cc(OC)cc(OC)c1. The number of nitrogens with one attached hydrogen (secondary N) is 1. The van der Waals surface area contributed by atoms with E-state index in [0.717, 1.165) is 31.6 Å². The largest absolute Gasteiger partial charge is 0.497 e. The summed E-state index contributed by atoms with van der Waals surface area (Å²) < 4.78 is 12.8. The van der Waals surface area contributed by atoms with E-state index in [2.05, 4.69) is 49.3 Å². The Morgan fingerprint density at radius 1 is 0.810 bits per heavy atom. The molecule has 0 radical (unpaired) electrons. The Balaban J connectivity index is 2.49. The Bertz CT molecular complexity index is 589. The second kappa shape index (κ2) is 7.29. The molecule has 0 bridgehead atoms. The highest BCUT2D eigenvalue weighted by atomic mass is 79.9. The molecular weight excluding hydrogens is 398 g/mol. The Morgan fingerprint density at radius 2 is 1.29 bits per heavy atom. The van der Waals surface area contributed by atoms with Gasteiger partial charge in [0.15, 0.2) is 0 Å². The van der Waals surface area contributed by atoms with E-state index in [1.54, 1.807) is 14.2 Å². The standard InChI is InChI=1S/C16H17Br2NO2/c1-19-16(10-4-12(17)8-13(18)5-10)11-6-14(20-2)9-15(7-11)21-3/h4-9,16,19H,1-3H3. The molecule has 1 N–H and O–H groups in total. The van der Waals surface area contributed by atoms with Crippen LogP contribution in [0.1, 0.15) is 17.2 Å². The van der Waals surface area contributed by atoms with E-state index in [-0.39, 0.29) is 6.04 Å². The zero-order valence-corrected chi connectivity index (χ0v) is 15.3. The van der Waals surface area contributed by atoms with E-state index in [1.165, 1.54) is 0 Å². The first kappa shape index (κ1) is 16.3. The van der Waals surface area contributed by atoms with E-state index in [4.69, 9.17) is 9.47 Å². The van der Waals surface area contributed by atoms with Crippen molar-refractivity contribution in [3.8, 4) is 11.5 Å². The molecule has 5 heteroatoms. The van der Waals surface area contributed by atoms with Crippen molar-refractivity contribution in [2.45, 2.75) is 6.04 Å². The van der Waals surface area contributed by atoms with E-state index in [0.29, 0.717) is 0 Å². The lowest BCUT2D eigenvalue weighted by Crippen LogP contribution is -2.18. The van der Waals surface area contributed by atoms with Crippen LogP contribution in [0.5, 0.6) is 11.5 Å². The molecule has 1 atom stereocenters. The fourth-order valence-electron chi connectivity index (χ4n) is 2.26. The van der Waals surface area contributed by atoms with Crippen LogP contribution in [0.4, 0.5) is 0 Å². The number of halogens is 2. The summed E-state index contributed by atoms with van der Waals surface area (Å²) in [4.78, 5) is 0. The van der Waals surface area contributed by atoms with Gasteiger partial charge in [0.1, 0.15) is 11.5 Å². The topological polar surface area (TPSA) is 30.5 Å². The molecule has 3 nitrogen and oxygen atoms in total. The predicted octanol–water partition coefficient (Wildman–Crippen LogP) is 4.54. The summed E-state index contributed by atoms with van der Waals surface area (Å²) in [5.74, 6) is 1.55. The molecule has 0 fully saturated rings. The van der Waals surface area contributed by atoms with Crippen molar-refractivity contribution in [3.05, 3.63) is 56.5 Å². The minimum absolute atomic E-state index is 0.0443. The van der Waals surface area contributed by atoms with Crippen molar-refractivity contribution in [3.63, 3.8) is 0 Å². The van der Waals surface area contributed by atoms with Gasteiger partial charge in [-0.1, -0.05) is 31.9 Å². The first-order valence-electron chi connectivity index (χ1n) is 6.43. The summed E-state index contributed by atoms with van der Waals surface area (Å²) in [6.45, 7) is 0. The quantitative estimate of drug-likeness (QED) is 0.779. The van der Waals surface area contributed by atoms with E-state index in [1.807, 2.05) is 31.3 Å². The lowest BCUT2D eigenvalue weighted by Gasteiger charge is -2.19. The summed E-state index contributed by atoms with van der Waals surface area (Å²) in [6.07, 6.45) is 0. The van der Waals surface area contributed by atoms with Crippen LogP contribution in [0.2, 0.25) is 0 Å². The van der Waals surface area contributed by atoms with Gasteiger partial charge in [0.2, 0.25) is 0 Å². The van der Waals surface area contributed by atoms with Crippen LogP contribution in [-0.2, 0) is 0 Å². The molecular formula is C16H17Br2NO2. The minimum atomic E-state index is 0.0443. The number of hydrogen-bond acceptors (Lipinski definition) is 3. The molecule has 2 aromatic rings. The number of benzene rings is 2. The van der Waals surface area contributed by atoms with Gasteiger partial charge in [-0.3, -0.25) is 0 Å². The molecule has 21 heavy (non-hydrogen) atoms. The maximum absolute atomic E-state index is 5.35. The molecule has 112 valence electrons. The van der Waals surface area contributed by atoms with Gasteiger partial charge in [0, 0.05) is 15.0 Å². The second-order valence-electron chi connectivity index (χ2n) is 4.57. The molecule has 0 aliphatic carbocycles. The highest BCUT2D eigenvalue weighted by Crippen LogP contribution is 2.32. The highest BCUT2D eigenvalue weighted by Gasteiger charge is 2.15.